The Morgan fingerprint density at radius 1 is 0.842 bits per heavy atom. The highest BCUT2D eigenvalue weighted by atomic mass is 31.0. The molecule has 0 N–H and O–H groups in total. The van der Waals surface area contributed by atoms with Crippen molar-refractivity contribution in [2.24, 2.45) is 0 Å². The van der Waals surface area contributed by atoms with Crippen LogP contribution in [-0.2, 0) is 5.16 Å². The Bertz CT molecular complexity index is 520. The Hall–Kier alpha value is -1.13. The van der Waals surface area contributed by atoms with Gasteiger partial charge < -0.3 is 0 Å². The Kier molecular flexibility index (Phi) is 3.71. The molecule has 3 unspecified atom stereocenters. The lowest BCUT2D eigenvalue weighted by Gasteiger charge is -2.42. The first-order chi connectivity index (χ1) is 9.31. The second-order valence-corrected chi connectivity index (χ2v) is 6.65. The number of hydrogen-bond acceptors (Lipinski definition) is 0. The van der Waals surface area contributed by atoms with Crippen molar-refractivity contribution in [1.29, 1.82) is 0 Å². The first-order valence-corrected chi connectivity index (χ1v) is 7.78. The maximum atomic E-state index is 3.19. The lowest BCUT2D eigenvalue weighted by molar-refractivity contribution is 0.350. The fourth-order valence-electron chi connectivity index (χ4n) is 3.44. The fourth-order valence-corrected chi connectivity index (χ4v) is 4.20. The summed E-state index contributed by atoms with van der Waals surface area (Å²) in [5, 5.41) is 0.209. The Balaban J connectivity index is 2.02. The third-order valence-electron chi connectivity index (χ3n) is 4.47. The third kappa shape index (κ3) is 2.47. The SMILES string of the molecule is PC1(c2ccccc2)CCCCC1c1ccccc1. The van der Waals surface area contributed by atoms with Gasteiger partial charge in [0.05, 0.1) is 0 Å². The largest absolute Gasteiger partial charge is 0.126 e. The standard InChI is InChI=1S/C18H21P/c19-18(16-11-5-2-6-12-16)14-8-7-13-17(18)15-9-3-1-4-10-15/h1-6,9-12,17H,7-8,13-14,19H2. The molecular weight excluding hydrogens is 247 g/mol. The summed E-state index contributed by atoms with van der Waals surface area (Å²) >= 11 is 0. The van der Waals surface area contributed by atoms with Crippen LogP contribution in [0.1, 0.15) is 42.7 Å². The van der Waals surface area contributed by atoms with Crippen LogP contribution in [0.5, 0.6) is 0 Å². The van der Waals surface area contributed by atoms with Gasteiger partial charge in [-0.1, -0.05) is 73.5 Å². The molecule has 19 heavy (non-hydrogen) atoms. The van der Waals surface area contributed by atoms with Crippen LogP contribution in [-0.4, -0.2) is 0 Å². The fraction of sp³-hybridized carbons (Fsp3) is 0.333. The predicted octanol–water partition coefficient (Wildman–Crippen LogP) is 5.11. The van der Waals surface area contributed by atoms with Crippen LogP contribution >= 0.6 is 9.24 Å². The maximum Gasteiger partial charge on any atom is 0.0166 e. The average Bonchev–Trinajstić information content (AvgIpc) is 2.49. The molecule has 0 aromatic heterocycles. The van der Waals surface area contributed by atoms with Crippen LogP contribution in [0.2, 0.25) is 0 Å². The zero-order valence-corrected chi connectivity index (χ0v) is 12.4. The molecule has 1 aliphatic carbocycles. The van der Waals surface area contributed by atoms with Gasteiger partial charge in [0.15, 0.2) is 0 Å². The molecule has 0 radical (unpaired) electrons. The molecule has 0 saturated heterocycles. The van der Waals surface area contributed by atoms with E-state index in [1.807, 2.05) is 0 Å². The summed E-state index contributed by atoms with van der Waals surface area (Å²) < 4.78 is 0. The van der Waals surface area contributed by atoms with Crippen molar-refractivity contribution in [1.82, 2.24) is 0 Å². The predicted molar refractivity (Wildman–Crippen MR) is 85.5 cm³/mol. The summed E-state index contributed by atoms with van der Waals surface area (Å²) in [4.78, 5) is 0. The molecule has 0 aliphatic heterocycles. The smallest absolute Gasteiger partial charge is 0.0166 e. The number of rotatable bonds is 2. The van der Waals surface area contributed by atoms with Crippen LogP contribution in [0.25, 0.3) is 0 Å². The van der Waals surface area contributed by atoms with Crippen molar-refractivity contribution < 1.29 is 0 Å². The normalized spacial score (nSPS) is 27.1. The van der Waals surface area contributed by atoms with Gasteiger partial charge >= 0.3 is 0 Å². The minimum absolute atomic E-state index is 0.209. The van der Waals surface area contributed by atoms with Gasteiger partial charge in [0.25, 0.3) is 0 Å². The summed E-state index contributed by atoms with van der Waals surface area (Å²) in [5.74, 6) is 0.620. The summed E-state index contributed by atoms with van der Waals surface area (Å²) in [7, 11) is 3.19. The molecule has 0 heterocycles. The van der Waals surface area contributed by atoms with Gasteiger partial charge in [0, 0.05) is 5.16 Å². The van der Waals surface area contributed by atoms with E-state index in [0.717, 1.165) is 0 Å². The van der Waals surface area contributed by atoms with E-state index < -0.39 is 0 Å². The second-order valence-electron chi connectivity index (χ2n) is 5.62. The summed E-state index contributed by atoms with van der Waals surface area (Å²) in [5.41, 5.74) is 2.95. The van der Waals surface area contributed by atoms with Crippen molar-refractivity contribution in [3.05, 3.63) is 71.8 Å². The molecule has 98 valence electrons. The van der Waals surface area contributed by atoms with E-state index in [0.29, 0.717) is 5.92 Å². The van der Waals surface area contributed by atoms with Crippen molar-refractivity contribution in [2.75, 3.05) is 0 Å². The van der Waals surface area contributed by atoms with E-state index in [9.17, 15) is 0 Å². The minimum Gasteiger partial charge on any atom is -0.126 e. The molecule has 0 spiro atoms. The quantitative estimate of drug-likeness (QED) is 0.663. The molecule has 2 aromatic carbocycles. The van der Waals surface area contributed by atoms with Crippen molar-refractivity contribution in [3.8, 4) is 0 Å². The highest BCUT2D eigenvalue weighted by Gasteiger charge is 2.38. The molecule has 3 atom stereocenters. The van der Waals surface area contributed by atoms with E-state index in [-0.39, 0.29) is 5.16 Å². The van der Waals surface area contributed by atoms with Crippen molar-refractivity contribution in [3.63, 3.8) is 0 Å². The average molecular weight is 268 g/mol. The third-order valence-corrected chi connectivity index (χ3v) is 5.49. The van der Waals surface area contributed by atoms with Crippen LogP contribution in [0, 0.1) is 0 Å². The Labute approximate surface area is 118 Å². The first kappa shape index (κ1) is 12.9. The Morgan fingerprint density at radius 3 is 2.16 bits per heavy atom. The summed E-state index contributed by atoms with van der Waals surface area (Å²) in [6, 6.07) is 22.0. The van der Waals surface area contributed by atoms with Gasteiger partial charge in [-0.3, -0.25) is 0 Å². The van der Waals surface area contributed by atoms with Gasteiger partial charge in [0.2, 0.25) is 0 Å². The van der Waals surface area contributed by atoms with Gasteiger partial charge in [0.1, 0.15) is 0 Å². The van der Waals surface area contributed by atoms with E-state index in [1.54, 1.807) is 0 Å². The molecule has 0 amide bonds. The number of benzene rings is 2. The van der Waals surface area contributed by atoms with Gasteiger partial charge in [-0.05, 0) is 29.9 Å². The highest BCUT2D eigenvalue weighted by molar-refractivity contribution is 7.18. The molecule has 0 nitrogen and oxygen atoms in total. The Morgan fingerprint density at radius 2 is 1.47 bits per heavy atom. The zero-order valence-electron chi connectivity index (χ0n) is 11.3. The first-order valence-electron chi connectivity index (χ1n) is 7.20. The van der Waals surface area contributed by atoms with Crippen molar-refractivity contribution in [2.45, 2.75) is 36.8 Å². The van der Waals surface area contributed by atoms with Crippen LogP contribution in [0.3, 0.4) is 0 Å². The molecule has 0 bridgehead atoms. The van der Waals surface area contributed by atoms with Crippen molar-refractivity contribution >= 4 is 9.24 Å². The van der Waals surface area contributed by atoms with E-state index in [1.165, 1.54) is 36.8 Å². The molecule has 3 rings (SSSR count). The molecule has 1 aliphatic rings. The van der Waals surface area contributed by atoms with E-state index in [2.05, 4.69) is 69.9 Å². The molecule has 1 fully saturated rings. The summed E-state index contributed by atoms with van der Waals surface area (Å²) in [6.07, 6.45) is 5.24. The topological polar surface area (TPSA) is 0 Å². The molecule has 1 heteroatoms. The van der Waals surface area contributed by atoms with Gasteiger partial charge in [-0.15, -0.1) is 9.24 Å². The zero-order chi connectivity index (χ0) is 13.1. The monoisotopic (exact) mass is 268 g/mol. The van der Waals surface area contributed by atoms with Crippen LogP contribution in [0.4, 0.5) is 0 Å². The molecule has 2 aromatic rings. The minimum atomic E-state index is 0.209. The van der Waals surface area contributed by atoms with Gasteiger partial charge in [-0.2, -0.15) is 0 Å². The highest BCUT2D eigenvalue weighted by Crippen LogP contribution is 2.53. The van der Waals surface area contributed by atoms with Crippen LogP contribution < -0.4 is 0 Å². The molecular formula is C18H21P. The molecule has 1 saturated carbocycles. The number of hydrogen-bond donors (Lipinski definition) is 0. The second kappa shape index (κ2) is 5.47. The van der Waals surface area contributed by atoms with E-state index in [4.69, 9.17) is 0 Å². The van der Waals surface area contributed by atoms with Gasteiger partial charge in [-0.25, -0.2) is 0 Å². The van der Waals surface area contributed by atoms with E-state index >= 15 is 0 Å². The maximum absolute atomic E-state index is 3.19. The van der Waals surface area contributed by atoms with Crippen LogP contribution in [0.15, 0.2) is 60.7 Å². The summed E-state index contributed by atoms with van der Waals surface area (Å²) in [6.45, 7) is 0. The lowest BCUT2D eigenvalue weighted by Crippen LogP contribution is -2.30. The lowest BCUT2D eigenvalue weighted by atomic mass is 9.71.